The van der Waals surface area contributed by atoms with E-state index >= 15 is 0 Å². The van der Waals surface area contributed by atoms with Gasteiger partial charge in [-0.25, -0.2) is 0 Å². The lowest BCUT2D eigenvalue weighted by molar-refractivity contribution is -0.130. The SMILES string of the molecule is COC1(C(O)c2ccc(C(C)(C)C)cc2)CCC(C)CC1. The van der Waals surface area contributed by atoms with E-state index in [9.17, 15) is 5.11 Å². The first kappa shape index (κ1) is 16.5. The summed E-state index contributed by atoms with van der Waals surface area (Å²) in [7, 11) is 1.74. The van der Waals surface area contributed by atoms with Gasteiger partial charge >= 0.3 is 0 Å². The molecule has 0 aliphatic heterocycles. The number of ether oxygens (including phenoxy) is 1. The van der Waals surface area contributed by atoms with Gasteiger partial charge in [0.05, 0.1) is 5.60 Å². The van der Waals surface area contributed by atoms with Gasteiger partial charge in [0.15, 0.2) is 0 Å². The zero-order valence-electron chi connectivity index (χ0n) is 14.1. The van der Waals surface area contributed by atoms with Crippen LogP contribution in [0.4, 0.5) is 0 Å². The third-order valence-corrected chi connectivity index (χ3v) is 5.12. The number of aliphatic hydroxyl groups excluding tert-OH is 1. The molecule has 0 saturated heterocycles. The van der Waals surface area contributed by atoms with Crippen molar-refractivity contribution in [2.24, 2.45) is 5.92 Å². The zero-order valence-corrected chi connectivity index (χ0v) is 14.1. The summed E-state index contributed by atoms with van der Waals surface area (Å²) >= 11 is 0. The van der Waals surface area contributed by atoms with E-state index in [0.29, 0.717) is 0 Å². The van der Waals surface area contributed by atoms with Crippen LogP contribution in [0.1, 0.15) is 70.6 Å². The Morgan fingerprint density at radius 3 is 2.10 bits per heavy atom. The van der Waals surface area contributed by atoms with E-state index in [4.69, 9.17) is 4.74 Å². The number of hydrogen-bond donors (Lipinski definition) is 1. The monoisotopic (exact) mass is 290 g/mol. The van der Waals surface area contributed by atoms with Gasteiger partial charge in [0.1, 0.15) is 6.10 Å². The molecule has 1 N–H and O–H groups in total. The van der Waals surface area contributed by atoms with E-state index in [1.807, 2.05) is 0 Å². The zero-order chi connectivity index (χ0) is 15.7. The van der Waals surface area contributed by atoms with E-state index in [1.54, 1.807) is 7.11 Å². The molecule has 0 radical (unpaired) electrons. The molecule has 1 aliphatic carbocycles. The van der Waals surface area contributed by atoms with Gasteiger partial charge < -0.3 is 9.84 Å². The quantitative estimate of drug-likeness (QED) is 0.880. The minimum atomic E-state index is -0.538. The van der Waals surface area contributed by atoms with Gasteiger partial charge in [-0.3, -0.25) is 0 Å². The smallest absolute Gasteiger partial charge is 0.108 e. The van der Waals surface area contributed by atoms with E-state index in [-0.39, 0.29) is 5.41 Å². The molecule has 1 aromatic rings. The van der Waals surface area contributed by atoms with Crippen molar-refractivity contribution in [3.8, 4) is 0 Å². The van der Waals surface area contributed by atoms with Crippen LogP contribution in [0.5, 0.6) is 0 Å². The van der Waals surface area contributed by atoms with Crippen LogP contribution in [-0.2, 0) is 10.2 Å². The van der Waals surface area contributed by atoms with Gasteiger partial charge in [0, 0.05) is 7.11 Å². The van der Waals surface area contributed by atoms with Crippen LogP contribution < -0.4 is 0 Å². The Hall–Kier alpha value is -0.860. The van der Waals surface area contributed by atoms with Gasteiger partial charge in [-0.15, -0.1) is 0 Å². The lowest BCUT2D eigenvalue weighted by atomic mass is 9.74. The Bertz CT molecular complexity index is 447. The molecule has 1 aliphatic rings. The fourth-order valence-electron chi connectivity index (χ4n) is 3.31. The van der Waals surface area contributed by atoms with Crippen molar-refractivity contribution in [1.29, 1.82) is 0 Å². The number of methoxy groups -OCH3 is 1. The molecule has 1 fully saturated rings. The first-order chi connectivity index (χ1) is 9.78. The van der Waals surface area contributed by atoms with Crippen LogP contribution in [0.15, 0.2) is 24.3 Å². The van der Waals surface area contributed by atoms with Crippen LogP contribution in [-0.4, -0.2) is 17.8 Å². The molecule has 0 heterocycles. The molecule has 118 valence electrons. The molecule has 1 unspecified atom stereocenters. The Morgan fingerprint density at radius 2 is 1.67 bits per heavy atom. The molecule has 0 bridgehead atoms. The van der Waals surface area contributed by atoms with Gasteiger partial charge in [-0.05, 0) is 48.1 Å². The highest BCUT2D eigenvalue weighted by molar-refractivity contribution is 5.30. The van der Waals surface area contributed by atoms with Crippen molar-refractivity contribution in [3.63, 3.8) is 0 Å². The normalized spacial score (nSPS) is 28.4. The predicted octanol–water partition coefficient (Wildman–Crippen LogP) is 4.61. The van der Waals surface area contributed by atoms with Crippen molar-refractivity contribution < 1.29 is 9.84 Å². The van der Waals surface area contributed by atoms with Crippen molar-refractivity contribution in [2.45, 2.75) is 70.5 Å². The summed E-state index contributed by atoms with van der Waals surface area (Å²) in [6.07, 6.45) is 3.60. The van der Waals surface area contributed by atoms with Crippen molar-refractivity contribution in [1.82, 2.24) is 0 Å². The van der Waals surface area contributed by atoms with E-state index in [2.05, 4.69) is 52.0 Å². The summed E-state index contributed by atoms with van der Waals surface area (Å²) in [6, 6.07) is 8.38. The highest BCUT2D eigenvalue weighted by atomic mass is 16.5. The number of hydrogen-bond acceptors (Lipinski definition) is 2. The molecule has 21 heavy (non-hydrogen) atoms. The first-order valence-electron chi connectivity index (χ1n) is 8.12. The van der Waals surface area contributed by atoms with Gasteiger partial charge in [-0.2, -0.15) is 0 Å². The van der Waals surface area contributed by atoms with Crippen molar-refractivity contribution in [2.75, 3.05) is 7.11 Å². The van der Waals surface area contributed by atoms with Crippen LogP contribution in [0.2, 0.25) is 0 Å². The second kappa shape index (κ2) is 6.10. The molecule has 0 aromatic heterocycles. The minimum Gasteiger partial charge on any atom is -0.385 e. The molecule has 2 nitrogen and oxygen atoms in total. The molecule has 2 heteroatoms. The number of rotatable bonds is 3. The summed E-state index contributed by atoms with van der Waals surface area (Å²) in [5, 5.41) is 10.9. The Labute approximate surface area is 129 Å². The van der Waals surface area contributed by atoms with Crippen LogP contribution >= 0.6 is 0 Å². The van der Waals surface area contributed by atoms with Crippen LogP contribution in [0.3, 0.4) is 0 Å². The number of aliphatic hydroxyl groups is 1. The highest BCUT2D eigenvalue weighted by Gasteiger charge is 2.41. The van der Waals surface area contributed by atoms with Gasteiger partial charge in [0.25, 0.3) is 0 Å². The average molecular weight is 290 g/mol. The summed E-state index contributed by atoms with van der Waals surface area (Å²) in [4.78, 5) is 0. The molecule has 2 rings (SSSR count). The van der Waals surface area contributed by atoms with Gasteiger partial charge in [-0.1, -0.05) is 52.0 Å². The summed E-state index contributed by atoms with van der Waals surface area (Å²) in [6.45, 7) is 8.90. The highest BCUT2D eigenvalue weighted by Crippen LogP contribution is 2.43. The minimum absolute atomic E-state index is 0.142. The summed E-state index contributed by atoms with van der Waals surface area (Å²) in [5.74, 6) is 0.740. The summed E-state index contributed by atoms with van der Waals surface area (Å²) in [5.41, 5.74) is 2.00. The van der Waals surface area contributed by atoms with Crippen molar-refractivity contribution >= 4 is 0 Å². The standard InChI is InChI=1S/C19H30O2/c1-14-10-12-19(21-5,13-11-14)17(20)15-6-8-16(9-7-15)18(2,3)4/h6-9,14,17,20H,10-13H2,1-5H3. The largest absolute Gasteiger partial charge is 0.385 e. The lowest BCUT2D eigenvalue weighted by Crippen LogP contribution is -2.41. The molecule has 1 saturated carbocycles. The third-order valence-electron chi connectivity index (χ3n) is 5.12. The molecular weight excluding hydrogens is 260 g/mol. The topological polar surface area (TPSA) is 29.5 Å². The molecular formula is C19H30O2. The fraction of sp³-hybridized carbons (Fsp3) is 0.684. The average Bonchev–Trinajstić information content (AvgIpc) is 2.47. The maximum Gasteiger partial charge on any atom is 0.108 e. The summed E-state index contributed by atoms with van der Waals surface area (Å²) < 4.78 is 5.79. The van der Waals surface area contributed by atoms with E-state index < -0.39 is 11.7 Å². The van der Waals surface area contributed by atoms with Crippen molar-refractivity contribution in [3.05, 3.63) is 35.4 Å². The Morgan fingerprint density at radius 1 is 1.14 bits per heavy atom. The first-order valence-corrected chi connectivity index (χ1v) is 8.12. The Balaban J connectivity index is 2.20. The fourth-order valence-corrected chi connectivity index (χ4v) is 3.31. The van der Waals surface area contributed by atoms with Gasteiger partial charge in [0.2, 0.25) is 0 Å². The van der Waals surface area contributed by atoms with E-state index in [1.165, 1.54) is 5.56 Å². The predicted molar refractivity (Wildman–Crippen MR) is 87.5 cm³/mol. The van der Waals surface area contributed by atoms with E-state index in [0.717, 1.165) is 37.2 Å². The number of benzene rings is 1. The molecule has 0 spiro atoms. The maximum atomic E-state index is 10.9. The second-order valence-corrected chi connectivity index (χ2v) is 7.73. The van der Waals surface area contributed by atoms with Crippen LogP contribution in [0, 0.1) is 5.92 Å². The second-order valence-electron chi connectivity index (χ2n) is 7.73. The molecule has 1 aromatic carbocycles. The third kappa shape index (κ3) is 3.49. The molecule has 1 atom stereocenters. The molecule has 0 amide bonds. The lowest BCUT2D eigenvalue weighted by Gasteiger charge is -2.42. The van der Waals surface area contributed by atoms with Crippen LogP contribution in [0.25, 0.3) is 0 Å². The Kier molecular flexibility index (Phi) is 4.79. The maximum absolute atomic E-state index is 10.9.